The molecular weight excluding hydrogens is 289 g/mol. The van der Waals surface area contributed by atoms with Gasteiger partial charge in [-0.25, -0.2) is 0 Å². The van der Waals surface area contributed by atoms with Gasteiger partial charge < -0.3 is 10.4 Å². The van der Waals surface area contributed by atoms with Crippen LogP contribution in [0.15, 0.2) is 18.2 Å². The second-order valence-electron chi connectivity index (χ2n) is 4.64. The van der Waals surface area contributed by atoms with Crippen LogP contribution in [0.3, 0.4) is 0 Å². The van der Waals surface area contributed by atoms with Gasteiger partial charge in [0.15, 0.2) is 0 Å². The predicted octanol–water partition coefficient (Wildman–Crippen LogP) is 2.98. The van der Waals surface area contributed by atoms with Crippen LogP contribution in [0.4, 0.5) is 0 Å². The monoisotopic (exact) mass is 301 g/mol. The van der Waals surface area contributed by atoms with Crippen LogP contribution in [-0.2, 0) is 4.79 Å². The van der Waals surface area contributed by atoms with Crippen molar-refractivity contribution in [1.82, 2.24) is 5.32 Å². The van der Waals surface area contributed by atoms with E-state index >= 15 is 0 Å². The molecule has 2 N–H and O–H groups in total. The second kappa shape index (κ2) is 5.80. The molecule has 2 atom stereocenters. The Kier molecular flexibility index (Phi) is 4.32. The maximum absolute atomic E-state index is 12.0. The number of carbonyl (C=O) groups excluding carboxylic acids is 1. The molecule has 1 fully saturated rings. The molecule has 0 spiro atoms. The summed E-state index contributed by atoms with van der Waals surface area (Å²) in [5.74, 6) is -1.47. The summed E-state index contributed by atoms with van der Waals surface area (Å²) in [4.78, 5) is 22.9. The number of carboxylic acid groups (broad SMARTS) is 1. The van der Waals surface area contributed by atoms with Gasteiger partial charge in [0.25, 0.3) is 5.91 Å². The van der Waals surface area contributed by atoms with Gasteiger partial charge in [-0.1, -0.05) is 23.2 Å². The third kappa shape index (κ3) is 3.39. The zero-order chi connectivity index (χ0) is 14.0. The van der Waals surface area contributed by atoms with Crippen LogP contribution in [-0.4, -0.2) is 23.0 Å². The standard InChI is InChI=1S/C13H13Cl2NO3/c14-8-2-4-10(11(15)6-8)12(17)16-9-3-1-7(5-9)13(18)19/h2,4,6-7,9H,1,3,5H2,(H,16,17)(H,18,19)/t7-,9+/m0/s1. The van der Waals surface area contributed by atoms with Crippen LogP contribution in [0, 0.1) is 5.92 Å². The van der Waals surface area contributed by atoms with E-state index in [0.717, 1.165) is 0 Å². The number of benzene rings is 1. The first-order valence-electron chi connectivity index (χ1n) is 5.96. The Balaban J connectivity index is 2.00. The maximum Gasteiger partial charge on any atom is 0.306 e. The minimum absolute atomic E-state index is 0.111. The van der Waals surface area contributed by atoms with Crippen LogP contribution in [0.5, 0.6) is 0 Å². The van der Waals surface area contributed by atoms with E-state index in [-0.39, 0.29) is 22.9 Å². The summed E-state index contributed by atoms with van der Waals surface area (Å²) in [5, 5.41) is 12.5. The number of carboxylic acids is 1. The van der Waals surface area contributed by atoms with E-state index in [4.69, 9.17) is 28.3 Å². The quantitative estimate of drug-likeness (QED) is 0.902. The van der Waals surface area contributed by atoms with Crippen molar-refractivity contribution in [3.8, 4) is 0 Å². The molecule has 6 heteroatoms. The van der Waals surface area contributed by atoms with Gasteiger partial charge in [-0.2, -0.15) is 0 Å². The first-order valence-corrected chi connectivity index (χ1v) is 6.71. The molecule has 1 aromatic rings. The molecule has 1 aromatic carbocycles. The van der Waals surface area contributed by atoms with Gasteiger partial charge in [0.05, 0.1) is 16.5 Å². The highest BCUT2D eigenvalue weighted by Crippen LogP contribution is 2.27. The highest BCUT2D eigenvalue weighted by molar-refractivity contribution is 6.36. The fraction of sp³-hybridized carbons (Fsp3) is 0.385. The van der Waals surface area contributed by atoms with Crippen molar-refractivity contribution in [3.05, 3.63) is 33.8 Å². The molecule has 1 amide bonds. The SMILES string of the molecule is O=C(N[C@@H]1CC[C@H](C(=O)O)C1)c1ccc(Cl)cc1Cl. The lowest BCUT2D eigenvalue weighted by Crippen LogP contribution is -2.33. The third-order valence-electron chi connectivity index (χ3n) is 3.29. The van der Waals surface area contributed by atoms with E-state index in [1.807, 2.05) is 0 Å². The zero-order valence-electron chi connectivity index (χ0n) is 10.0. The molecule has 0 aromatic heterocycles. The molecule has 0 aliphatic heterocycles. The molecule has 1 saturated carbocycles. The molecule has 0 radical (unpaired) electrons. The summed E-state index contributed by atoms with van der Waals surface area (Å²) in [5.41, 5.74) is 0.352. The predicted molar refractivity (Wildman–Crippen MR) is 72.7 cm³/mol. The van der Waals surface area contributed by atoms with E-state index < -0.39 is 5.97 Å². The Bertz CT molecular complexity index is 519. The van der Waals surface area contributed by atoms with Crippen molar-refractivity contribution in [2.24, 2.45) is 5.92 Å². The maximum atomic E-state index is 12.0. The smallest absolute Gasteiger partial charge is 0.306 e. The summed E-state index contributed by atoms with van der Waals surface area (Å²) >= 11 is 11.7. The summed E-state index contributed by atoms with van der Waals surface area (Å²) in [6, 6.07) is 4.55. The molecule has 1 aliphatic carbocycles. The minimum atomic E-state index is -0.804. The molecule has 0 saturated heterocycles. The lowest BCUT2D eigenvalue weighted by molar-refractivity contribution is -0.141. The first-order chi connectivity index (χ1) is 8.97. The van der Waals surface area contributed by atoms with Crippen LogP contribution < -0.4 is 5.32 Å². The zero-order valence-corrected chi connectivity index (χ0v) is 11.5. The van der Waals surface area contributed by atoms with E-state index in [2.05, 4.69) is 5.32 Å². The van der Waals surface area contributed by atoms with Crippen LogP contribution in [0.1, 0.15) is 29.6 Å². The highest BCUT2D eigenvalue weighted by Gasteiger charge is 2.30. The van der Waals surface area contributed by atoms with E-state index in [1.54, 1.807) is 12.1 Å². The van der Waals surface area contributed by atoms with E-state index in [9.17, 15) is 9.59 Å². The van der Waals surface area contributed by atoms with Gasteiger partial charge in [-0.3, -0.25) is 9.59 Å². The number of nitrogens with one attached hydrogen (secondary N) is 1. The highest BCUT2D eigenvalue weighted by atomic mass is 35.5. The number of hydrogen-bond donors (Lipinski definition) is 2. The molecular formula is C13H13Cl2NO3. The van der Waals surface area contributed by atoms with Crippen molar-refractivity contribution in [3.63, 3.8) is 0 Å². The summed E-state index contributed by atoms with van der Waals surface area (Å²) < 4.78 is 0. The Morgan fingerprint density at radius 3 is 2.58 bits per heavy atom. The average molecular weight is 302 g/mol. The van der Waals surface area contributed by atoms with Crippen LogP contribution in [0.2, 0.25) is 10.0 Å². The summed E-state index contributed by atoms with van der Waals surface area (Å²) in [6.45, 7) is 0. The van der Waals surface area contributed by atoms with Gasteiger partial charge in [0.1, 0.15) is 0 Å². The second-order valence-corrected chi connectivity index (χ2v) is 5.49. The molecule has 102 valence electrons. The lowest BCUT2D eigenvalue weighted by atomic mass is 10.1. The number of carbonyl (C=O) groups is 2. The number of amides is 1. The van der Waals surface area contributed by atoms with Gasteiger partial charge in [0.2, 0.25) is 0 Å². The topological polar surface area (TPSA) is 66.4 Å². The molecule has 0 heterocycles. The molecule has 0 bridgehead atoms. The van der Waals surface area contributed by atoms with Gasteiger partial charge in [-0.15, -0.1) is 0 Å². The van der Waals surface area contributed by atoms with Crippen LogP contribution in [0.25, 0.3) is 0 Å². The lowest BCUT2D eigenvalue weighted by Gasteiger charge is -2.13. The van der Waals surface area contributed by atoms with Crippen LogP contribution >= 0.6 is 23.2 Å². The summed E-state index contributed by atoms with van der Waals surface area (Å²) in [7, 11) is 0. The van der Waals surface area contributed by atoms with Crippen molar-refractivity contribution < 1.29 is 14.7 Å². The Morgan fingerprint density at radius 1 is 1.26 bits per heavy atom. The number of halogens is 2. The largest absolute Gasteiger partial charge is 0.481 e. The molecule has 19 heavy (non-hydrogen) atoms. The van der Waals surface area contributed by atoms with Gasteiger partial charge in [-0.05, 0) is 37.5 Å². The van der Waals surface area contributed by atoms with Gasteiger partial charge in [0, 0.05) is 11.1 Å². The third-order valence-corrected chi connectivity index (χ3v) is 3.84. The number of rotatable bonds is 3. The van der Waals surface area contributed by atoms with Crippen molar-refractivity contribution in [2.75, 3.05) is 0 Å². The Labute approximate surface area is 120 Å². The Morgan fingerprint density at radius 2 is 2.00 bits per heavy atom. The fourth-order valence-corrected chi connectivity index (χ4v) is 2.77. The first kappa shape index (κ1) is 14.2. The molecule has 2 rings (SSSR count). The average Bonchev–Trinajstić information content (AvgIpc) is 2.77. The van der Waals surface area contributed by atoms with Crippen molar-refractivity contribution in [2.45, 2.75) is 25.3 Å². The van der Waals surface area contributed by atoms with Gasteiger partial charge >= 0.3 is 5.97 Å². The molecule has 1 aliphatic rings. The number of hydrogen-bond acceptors (Lipinski definition) is 2. The van der Waals surface area contributed by atoms with Crippen molar-refractivity contribution in [1.29, 1.82) is 0 Å². The Hall–Kier alpha value is -1.26. The van der Waals surface area contributed by atoms with Crippen molar-refractivity contribution >= 4 is 35.1 Å². The summed E-state index contributed by atoms with van der Waals surface area (Å²) in [6.07, 6.45) is 1.73. The number of aliphatic carboxylic acids is 1. The normalized spacial score (nSPS) is 22.2. The molecule has 4 nitrogen and oxygen atoms in total. The fourth-order valence-electron chi connectivity index (χ4n) is 2.27. The minimum Gasteiger partial charge on any atom is -0.481 e. The van der Waals surface area contributed by atoms with E-state index in [0.29, 0.717) is 29.8 Å². The van der Waals surface area contributed by atoms with E-state index in [1.165, 1.54) is 6.07 Å². The molecule has 0 unspecified atom stereocenters.